The monoisotopic (exact) mass is 249 g/mol. The molecule has 17 heavy (non-hydrogen) atoms. The summed E-state index contributed by atoms with van der Waals surface area (Å²) in [6.07, 6.45) is 7.23. The van der Waals surface area contributed by atoms with E-state index in [1.807, 2.05) is 0 Å². The van der Waals surface area contributed by atoms with Crippen molar-refractivity contribution in [2.24, 2.45) is 5.92 Å². The van der Waals surface area contributed by atoms with Crippen LogP contribution in [0.5, 0.6) is 0 Å². The van der Waals surface area contributed by atoms with E-state index in [9.17, 15) is 0 Å². The Bertz CT molecular complexity index is 425. The Balaban J connectivity index is 0.00000108. The highest BCUT2D eigenvalue weighted by molar-refractivity contribution is 5.85. The van der Waals surface area contributed by atoms with E-state index >= 15 is 0 Å². The molecule has 0 heterocycles. The molecule has 0 spiro atoms. The summed E-state index contributed by atoms with van der Waals surface area (Å²) >= 11 is 0. The summed E-state index contributed by atoms with van der Waals surface area (Å²) in [7, 11) is 4.44. The van der Waals surface area contributed by atoms with Gasteiger partial charge in [-0.25, -0.2) is 0 Å². The van der Waals surface area contributed by atoms with Crippen molar-refractivity contribution in [1.29, 1.82) is 0 Å². The molecular formula is C15H20ClN. The van der Waals surface area contributed by atoms with Crippen LogP contribution in [0.1, 0.15) is 23.5 Å². The van der Waals surface area contributed by atoms with Crippen LogP contribution in [0.15, 0.2) is 36.4 Å². The molecule has 92 valence electrons. The highest BCUT2D eigenvalue weighted by Crippen LogP contribution is 2.42. The first-order valence-corrected chi connectivity index (χ1v) is 6.18. The minimum Gasteiger partial charge on any atom is -0.305 e. The van der Waals surface area contributed by atoms with Crippen molar-refractivity contribution in [1.82, 2.24) is 4.90 Å². The Labute approximate surface area is 110 Å². The van der Waals surface area contributed by atoms with E-state index in [0.717, 1.165) is 0 Å². The lowest BCUT2D eigenvalue weighted by Gasteiger charge is -2.44. The highest BCUT2D eigenvalue weighted by atomic mass is 35.5. The maximum atomic E-state index is 2.43. The number of allylic oxidation sites excluding steroid dienone is 1. The van der Waals surface area contributed by atoms with Crippen LogP contribution in [0, 0.1) is 5.92 Å². The summed E-state index contributed by atoms with van der Waals surface area (Å²) in [5.41, 5.74) is 3.15. The molecular weight excluding hydrogens is 230 g/mol. The molecule has 0 radical (unpaired) electrons. The largest absolute Gasteiger partial charge is 0.305 e. The van der Waals surface area contributed by atoms with Crippen LogP contribution in [0.4, 0.5) is 0 Å². The third-order valence-corrected chi connectivity index (χ3v) is 4.13. The molecule has 2 aliphatic carbocycles. The van der Waals surface area contributed by atoms with E-state index in [2.05, 4.69) is 55.4 Å². The number of fused-ring (bicyclic) bond motifs is 4. The molecule has 2 aliphatic rings. The van der Waals surface area contributed by atoms with Gasteiger partial charge in [0.05, 0.1) is 0 Å². The van der Waals surface area contributed by atoms with Gasteiger partial charge >= 0.3 is 0 Å². The molecule has 1 nitrogen and oxygen atoms in total. The van der Waals surface area contributed by atoms with Gasteiger partial charge in [-0.2, -0.15) is 0 Å². The van der Waals surface area contributed by atoms with Crippen molar-refractivity contribution >= 4 is 12.4 Å². The zero-order chi connectivity index (χ0) is 11.1. The SMILES string of the molecule is CN(C)C1C2C=CCC1c1ccccc1C2.Cl. The number of nitrogens with zero attached hydrogens (tertiary/aromatic N) is 1. The van der Waals surface area contributed by atoms with Gasteiger partial charge in [0.25, 0.3) is 0 Å². The molecule has 3 unspecified atom stereocenters. The minimum absolute atomic E-state index is 0. The Morgan fingerprint density at radius 3 is 2.71 bits per heavy atom. The van der Waals surface area contributed by atoms with E-state index in [4.69, 9.17) is 0 Å². The number of likely N-dealkylation sites (N-methyl/N-ethyl adjacent to an activating group) is 1. The molecule has 0 fully saturated rings. The molecule has 3 atom stereocenters. The molecule has 0 saturated heterocycles. The average molecular weight is 250 g/mol. The van der Waals surface area contributed by atoms with Crippen LogP contribution in [-0.4, -0.2) is 25.0 Å². The Kier molecular flexibility index (Phi) is 3.60. The van der Waals surface area contributed by atoms with E-state index in [1.54, 1.807) is 11.1 Å². The molecule has 1 aromatic carbocycles. The summed E-state index contributed by atoms with van der Waals surface area (Å²) in [5, 5.41) is 0. The lowest BCUT2D eigenvalue weighted by atomic mass is 9.68. The topological polar surface area (TPSA) is 3.24 Å². The predicted octanol–water partition coefficient (Wildman–Crippen LogP) is 3.25. The van der Waals surface area contributed by atoms with Gasteiger partial charge in [0.2, 0.25) is 0 Å². The zero-order valence-electron chi connectivity index (χ0n) is 10.5. The van der Waals surface area contributed by atoms with Gasteiger partial charge < -0.3 is 4.90 Å². The van der Waals surface area contributed by atoms with Gasteiger partial charge in [-0.15, -0.1) is 12.4 Å². The third-order valence-electron chi connectivity index (χ3n) is 4.13. The second-order valence-corrected chi connectivity index (χ2v) is 5.29. The number of rotatable bonds is 1. The van der Waals surface area contributed by atoms with Crippen molar-refractivity contribution in [2.75, 3.05) is 14.1 Å². The highest BCUT2D eigenvalue weighted by Gasteiger charge is 2.37. The molecule has 3 rings (SSSR count). The lowest BCUT2D eigenvalue weighted by molar-refractivity contribution is 0.180. The van der Waals surface area contributed by atoms with Crippen LogP contribution < -0.4 is 0 Å². The van der Waals surface area contributed by atoms with Crippen molar-refractivity contribution in [3.05, 3.63) is 47.5 Å². The van der Waals surface area contributed by atoms with Crippen LogP contribution in [0.2, 0.25) is 0 Å². The van der Waals surface area contributed by atoms with Crippen molar-refractivity contribution in [3.8, 4) is 0 Å². The Morgan fingerprint density at radius 1 is 1.18 bits per heavy atom. The normalized spacial score (nSPS) is 29.7. The number of benzene rings is 1. The van der Waals surface area contributed by atoms with Crippen molar-refractivity contribution < 1.29 is 0 Å². The number of halogens is 1. The summed E-state index contributed by atoms with van der Waals surface area (Å²) in [4.78, 5) is 2.41. The fourth-order valence-corrected chi connectivity index (χ4v) is 3.53. The molecule has 0 aliphatic heterocycles. The quantitative estimate of drug-likeness (QED) is 0.691. The fraction of sp³-hybridized carbons (Fsp3) is 0.467. The number of hydrogen-bond acceptors (Lipinski definition) is 1. The van der Waals surface area contributed by atoms with Crippen molar-refractivity contribution in [3.63, 3.8) is 0 Å². The van der Waals surface area contributed by atoms with Crippen LogP contribution in [0.25, 0.3) is 0 Å². The first-order valence-electron chi connectivity index (χ1n) is 6.18. The van der Waals surface area contributed by atoms with Crippen LogP contribution in [-0.2, 0) is 6.42 Å². The minimum atomic E-state index is 0. The average Bonchev–Trinajstić information content (AvgIpc) is 2.28. The van der Waals surface area contributed by atoms with Gasteiger partial charge in [-0.05, 0) is 44.0 Å². The van der Waals surface area contributed by atoms with Gasteiger partial charge in [0.15, 0.2) is 0 Å². The number of hydrogen-bond donors (Lipinski definition) is 0. The maximum Gasteiger partial charge on any atom is 0.0227 e. The first-order chi connectivity index (χ1) is 7.77. The maximum absolute atomic E-state index is 2.43. The second-order valence-electron chi connectivity index (χ2n) is 5.29. The zero-order valence-corrected chi connectivity index (χ0v) is 11.3. The second kappa shape index (κ2) is 4.83. The van der Waals surface area contributed by atoms with Crippen LogP contribution in [0.3, 0.4) is 0 Å². The third kappa shape index (κ3) is 2.02. The standard InChI is InChI=1S/C15H19N.ClH/c1-16(2)15-12-7-5-9-14(15)13-8-4-3-6-11(13)10-12;/h3-8,12,14-15H,9-10H2,1-2H3;1H. The van der Waals surface area contributed by atoms with E-state index < -0.39 is 0 Å². The smallest absolute Gasteiger partial charge is 0.0227 e. The van der Waals surface area contributed by atoms with Gasteiger partial charge in [0.1, 0.15) is 0 Å². The molecule has 2 bridgehead atoms. The summed E-state index contributed by atoms with van der Waals surface area (Å²) in [5.74, 6) is 1.42. The molecule has 0 amide bonds. The van der Waals surface area contributed by atoms with Gasteiger partial charge in [-0.1, -0.05) is 36.4 Å². The summed E-state index contributed by atoms with van der Waals surface area (Å²) < 4.78 is 0. The Hall–Kier alpha value is -0.790. The molecule has 1 aromatic rings. The molecule has 2 heteroatoms. The summed E-state index contributed by atoms with van der Waals surface area (Å²) in [6, 6.07) is 9.69. The molecule has 0 saturated carbocycles. The van der Waals surface area contributed by atoms with Crippen LogP contribution >= 0.6 is 12.4 Å². The predicted molar refractivity (Wildman–Crippen MR) is 74.9 cm³/mol. The molecule has 0 N–H and O–H groups in total. The fourth-order valence-electron chi connectivity index (χ4n) is 3.53. The van der Waals surface area contributed by atoms with Gasteiger partial charge in [-0.3, -0.25) is 0 Å². The lowest BCUT2D eigenvalue weighted by Crippen LogP contribution is -2.45. The molecule has 0 aromatic heterocycles. The summed E-state index contributed by atoms with van der Waals surface area (Å²) in [6.45, 7) is 0. The van der Waals surface area contributed by atoms with Crippen molar-refractivity contribution in [2.45, 2.75) is 24.8 Å². The van der Waals surface area contributed by atoms with E-state index in [1.165, 1.54) is 12.8 Å². The first kappa shape index (κ1) is 12.7. The van der Waals surface area contributed by atoms with E-state index in [0.29, 0.717) is 17.9 Å². The van der Waals surface area contributed by atoms with Gasteiger partial charge in [0, 0.05) is 12.0 Å². The Morgan fingerprint density at radius 2 is 1.94 bits per heavy atom. The van der Waals surface area contributed by atoms with E-state index in [-0.39, 0.29) is 12.4 Å².